The van der Waals surface area contributed by atoms with Gasteiger partial charge in [0, 0.05) is 37.5 Å². The molecule has 0 aliphatic heterocycles. The van der Waals surface area contributed by atoms with Gasteiger partial charge in [0.1, 0.15) is 5.82 Å². The molecule has 108 valence electrons. The highest BCUT2D eigenvalue weighted by Gasteiger charge is 2.12. The summed E-state index contributed by atoms with van der Waals surface area (Å²) >= 11 is 0. The van der Waals surface area contributed by atoms with Crippen molar-refractivity contribution in [3.8, 4) is 0 Å². The summed E-state index contributed by atoms with van der Waals surface area (Å²) in [7, 11) is 1.59. The van der Waals surface area contributed by atoms with E-state index >= 15 is 0 Å². The van der Waals surface area contributed by atoms with Crippen molar-refractivity contribution in [2.24, 2.45) is 0 Å². The number of nitrogens with zero attached hydrogens (tertiary/aromatic N) is 1. The Bertz CT molecular complexity index is 500. The fourth-order valence-electron chi connectivity index (χ4n) is 1.79. The summed E-state index contributed by atoms with van der Waals surface area (Å²) in [6.07, 6.45) is 3.88. The molecule has 0 aliphatic rings. The van der Waals surface area contributed by atoms with Crippen LogP contribution >= 0.6 is 0 Å². The maximum absolute atomic E-state index is 13.9. The summed E-state index contributed by atoms with van der Waals surface area (Å²) < 4.78 is 18.9. The number of benzene rings is 1. The van der Waals surface area contributed by atoms with Gasteiger partial charge in [0.05, 0.1) is 6.61 Å². The van der Waals surface area contributed by atoms with Crippen molar-refractivity contribution in [3.63, 3.8) is 0 Å². The number of anilines is 1. The minimum absolute atomic E-state index is 0.243. The van der Waals surface area contributed by atoms with Crippen molar-refractivity contribution in [2.45, 2.75) is 0 Å². The highest BCUT2D eigenvalue weighted by atomic mass is 19.1. The summed E-state index contributed by atoms with van der Waals surface area (Å²) in [6, 6.07) is 4.63. The van der Waals surface area contributed by atoms with E-state index in [9.17, 15) is 9.18 Å². The Kier molecular flexibility index (Phi) is 6.46. The molecule has 20 heavy (non-hydrogen) atoms. The molecule has 1 aromatic carbocycles. The normalized spacial score (nSPS) is 10.7. The number of hydrogen-bond donors (Lipinski definition) is 1. The number of halogens is 1. The maximum Gasteiger partial charge on any atom is 0.328 e. The molecule has 4 nitrogen and oxygen atoms in total. The lowest BCUT2D eigenvalue weighted by Gasteiger charge is -2.25. The van der Waals surface area contributed by atoms with Crippen LogP contribution in [0.4, 0.5) is 10.1 Å². The average Bonchev–Trinajstić information content (AvgIpc) is 2.41. The predicted octanol–water partition coefficient (Wildman–Crippen LogP) is 2.56. The van der Waals surface area contributed by atoms with Crippen LogP contribution in [0.3, 0.4) is 0 Å². The predicted molar refractivity (Wildman–Crippen MR) is 77.4 cm³/mol. The molecule has 0 atom stereocenters. The fourth-order valence-corrected chi connectivity index (χ4v) is 1.79. The molecule has 0 fully saturated rings. The van der Waals surface area contributed by atoms with Gasteiger partial charge in [-0.1, -0.05) is 12.1 Å². The van der Waals surface area contributed by atoms with Gasteiger partial charge in [-0.05, 0) is 18.2 Å². The zero-order chi connectivity index (χ0) is 15.0. The minimum Gasteiger partial charge on any atom is -0.478 e. The van der Waals surface area contributed by atoms with Crippen molar-refractivity contribution in [1.29, 1.82) is 0 Å². The average molecular weight is 279 g/mol. The molecule has 0 radical (unpaired) electrons. The first-order valence-corrected chi connectivity index (χ1v) is 6.14. The highest BCUT2D eigenvalue weighted by Crippen LogP contribution is 2.24. The Balaban J connectivity index is 3.15. The van der Waals surface area contributed by atoms with Crippen molar-refractivity contribution in [1.82, 2.24) is 0 Å². The number of carboxylic acids is 1. The minimum atomic E-state index is -1.12. The first-order valence-electron chi connectivity index (χ1n) is 6.14. The van der Waals surface area contributed by atoms with E-state index in [1.165, 1.54) is 12.1 Å². The van der Waals surface area contributed by atoms with Crippen molar-refractivity contribution >= 4 is 17.7 Å². The Hall–Kier alpha value is -2.14. The summed E-state index contributed by atoms with van der Waals surface area (Å²) in [4.78, 5) is 12.5. The second-order valence-corrected chi connectivity index (χ2v) is 4.07. The van der Waals surface area contributed by atoms with Crippen LogP contribution in [0, 0.1) is 5.82 Å². The topological polar surface area (TPSA) is 49.8 Å². The molecule has 0 bridgehead atoms. The SMILES string of the molecule is C=CCN(CCOC)c1cccc(F)c1/C=C/C(=O)O. The quantitative estimate of drug-likeness (QED) is 0.587. The maximum atomic E-state index is 13.9. The summed E-state index contributed by atoms with van der Waals surface area (Å²) in [5, 5.41) is 8.68. The summed E-state index contributed by atoms with van der Waals surface area (Å²) in [5.74, 6) is -1.59. The van der Waals surface area contributed by atoms with Crippen LogP contribution < -0.4 is 4.90 Å². The zero-order valence-corrected chi connectivity index (χ0v) is 11.4. The third kappa shape index (κ3) is 4.51. The first-order chi connectivity index (χ1) is 9.60. The monoisotopic (exact) mass is 279 g/mol. The molecule has 0 amide bonds. The van der Waals surface area contributed by atoms with E-state index in [2.05, 4.69) is 6.58 Å². The van der Waals surface area contributed by atoms with E-state index in [0.29, 0.717) is 25.4 Å². The van der Waals surface area contributed by atoms with Gasteiger partial charge in [0.15, 0.2) is 0 Å². The molecular weight excluding hydrogens is 261 g/mol. The van der Waals surface area contributed by atoms with Crippen LogP contribution in [0.25, 0.3) is 6.08 Å². The first kappa shape index (κ1) is 15.9. The Morgan fingerprint density at radius 1 is 1.55 bits per heavy atom. The third-order valence-electron chi connectivity index (χ3n) is 2.68. The Morgan fingerprint density at radius 3 is 2.90 bits per heavy atom. The molecule has 5 heteroatoms. The van der Waals surface area contributed by atoms with Crippen molar-refractivity contribution in [2.75, 3.05) is 31.7 Å². The third-order valence-corrected chi connectivity index (χ3v) is 2.68. The van der Waals surface area contributed by atoms with Crippen molar-refractivity contribution in [3.05, 3.63) is 48.3 Å². The molecule has 0 saturated carbocycles. The van der Waals surface area contributed by atoms with Crippen LogP contribution in [0.1, 0.15) is 5.56 Å². The van der Waals surface area contributed by atoms with Crippen LogP contribution in [0.2, 0.25) is 0 Å². The summed E-state index contributed by atoms with van der Waals surface area (Å²) in [5.41, 5.74) is 0.854. The number of carboxylic acid groups (broad SMARTS) is 1. The second kappa shape index (κ2) is 8.12. The van der Waals surface area contributed by atoms with E-state index in [4.69, 9.17) is 9.84 Å². The van der Waals surface area contributed by atoms with Crippen LogP contribution in [-0.2, 0) is 9.53 Å². The van der Waals surface area contributed by atoms with Gasteiger partial charge in [-0.3, -0.25) is 0 Å². The van der Waals surface area contributed by atoms with Crippen LogP contribution in [0.5, 0.6) is 0 Å². The van der Waals surface area contributed by atoms with Crippen LogP contribution in [0.15, 0.2) is 36.9 Å². The lowest BCUT2D eigenvalue weighted by Crippen LogP contribution is -2.28. The van der Waals surface area contributed by atoms with Gasteiger partial charge < -0.3 is 14.7 Å². The van der Waals surface area contributed by atoms with Gasteiger partial charge in [0.2, 0.25) is 0 Å². The van der Waals surface area contributed by atoms with E-state index in [-0.39, 0.29) is 5.56 Å². The fraction of sp³-hybridized carbons (Fsp3) is 0.267. The van der Waals surface area contributed by atoms with Crippen LogP contribution in [-0.4, -0.2) is 37.9 Å². The van der Waals surface area contributed by atoms with Gasteiger partial charge in [-0.25, -0.2) is 9.18 Å². The second-order valence-electron chi connectivity index (χ2n) is 4.07. The number of aliphatic carboxylic acids is 1. The van der Waals surface area contributed by atoms with Gasteiger partial charge >= 0.3 is 5.97 Å². The molecule has 0 aromatic heterocycles. The number of carbonyl (C=O) groups is 1. The molecule has 0 aliphatic carbocycles. The van der Waals surface area contributed by atoms with Gasteiger partial charge in [-0.15, -0.1) is 6.58 Å². The molecular formula is C15H18FNO3. The largest absolute Gasteiger partial charge is 0.478 e. The Morgan fingerprint density at radius 2 is 2.30 bits per heavy atom. The van der Waals surface area contributed by atoms with E-state index in [1.807, 2.05) is 4.90 Å². The number of ether oxygens (including phenoxy) is 1. The molecule has 1 aromatic rings. The molecule has 1 rings (SSSR count). The standard InChI is InChI=1S/C15H18FNO3/c1-3-9-17(10-11-20-2)14-6-4-5-13(16)12(14)7-8-15(18)19/h3-8H,1,9-11H2,2H3,(H,18,19)/b8-7+. The number of methoxy groups -OCH3 is 1. The molecule has 0 spiro atoms. The van der Waals surface area contributed by atoms with E-state index < -0.39 is 11.8 Å². The van der Waals surface area contributed by atoms with E-state index in [1.54, 1.807) is 25.3 Å². The zero-order valence-electron chi connectivity index (χ0n) is 11.4. The van der Waals surface area contributed by atoms with Gasteiger partial charge in [-0.2, -0.15) is 0 Å². The summed E-state index contributed by atoms with van der Waals surface area (Å²) in [6.45, 7) is 5.22. The van der Waals surface area contributed by atoms with E-state index in [0.717, 1.165) is 6.08 Å². The molecule has 0 saturated heterocycles. The lowest BCUT2D eigenvalue weighted by molar-refractivity contribution is -0.131. The smallest absolute Gasteiger partial charge is 0.328 e. The van der Waals surface area contributed by atoms with Crippen molar-refractivity contribution < 1.29 is 19.0 Å². The molecule has 0 heterocycles. The Labute approximate surface area is 117 Å². The molecule has 1 N–H and O–H groups in total. The lowest BCUT2D eigenvalue weighted by atomic mass is 10.1. The highest BCUT2D eigenvalue weighted by molar-refractivity contribution is 5.87. The number of hydrogen-bond acceptors (Lipinski definition) is 3. The number of rotatable bonds is 8. The molecule has 0 unspecified atom stereocenters. The van der Waals surface area contributed by atoms with Gasteiger partial charge in [0.25, 0.3) is 0 Å².